The molecular formula is C14H17ClN2OS. The maximum atomic E-state index is 12.5. The van der Waals surface area contributed by atoms with Crippen LogP contribution in [0.2, 0.25) is 0 Å². The molecule has 0 radical (unpaired) electrons. The van der Waals surface area contributed by atoms with Crippen molar-refractivity contribution in [1.82, 2.24) is 10.2 Å². The third-order valence-electron chi connectivity index (χ3n) is 3.60. The zero-order valence-electron chi connectivity index (χ0n) is 10.8. The minimum atomic E-state index is 0. The van der Waals surface area contributed by atoms with Crippen molar-refractivity contribution in [2.24, 2.45) is 0 Å². The maximum absolute atomic E-state index is 12.5. The van der Waals surface area contributed by atoms with E-state index < -0.39 is 0 Å². The van der Waals surface area contributed by atoms with Crippen LogP contribution in [0, 0.1) is 0 Å². The lowest BCUT2D eigenvalue weighted by atomic mass is 10.1. The second kappa shape index (κ2) is 5.90. The van der Waals surface area contributed by atoms with Crippen molar-refractivity contribution in [1.29, 1.82) is 0 Å². The summed E-state index contributed by atoms with van der Waals surface area (Å²) in [7, 11) is 1.96. The lowest BCUT2D eigenvalue weighted by molar-refractivity contribution is 0.0792. The van der Waals surface area contributed by atoms with Gasteiger partial charge in [-0.15, -0.1) is 23.7 Å². The zero-order valence-corrected chi connectivity index (χ0v) is 12.4. The Kier molecular flexibility index (Phi) is 4.45. The van der Waals surface area contributed by atoms with E-state index in [2.05, 4.69) is 11.4 Å². The van der Waals surface area contributed by atoms with Crippen LogP contribution >= 0.6 is 23.7 Å². The predicted octanol–water partition coefficient (Wildman–Crippen LogP) is 2.76. The Balaban J connectivity index is 0.00000133. The van der Waals surface area contributed by atoms with E-state index in [4.69, 9.17) is 0 Å². The minimum Gasteiger partial charge on any atom is -0.337 e. The Morgan fingerprint density at radius 1 is 1.42 bits per heavy atom. The molecule has 1 saturated heterocycles. The number of likely N-dealkylation sites (N-methyl/N-ethyl adjacent to an activating group) is 1. The molecule has 3 nitrogen and oxygen atoms in total. The molecule has 102 valence electrons. The van der Waals surface area contributed by atoms with E-state index >= 15 is 0 Å². The van der Waals surface area contributed by atoms with Gasteiger partial charge in [0.2, 0.25) is 0 Å². The summed E-state index contributed by atoms with van der Waals surface area (Å²) in [5.74, 6) is 0.171. The average Bonchev–Trinajstić information content (AvgIpc) is 3.04. The number of benzene rings is 1. The largest absolute Gasteiger partial charge is 0.337 e. The summed E-state index contributed by atoms with van der Waals surface area (Å²) in [6, 6.07) is 8.55. The van der Waals surface area contributed by atoms with Gasteiger partial charge in [0, 0.05) is 34.6 Å². The third-order valence-corrected chi connectivity index (χ3v) is 4.56. The maximum Gasteiger partial charge on any atom is 0.255 e. The van der Waals surface area contributed by atoms with Gasteiger partial charge in [-0.25, -0.2) is 0 Å². The number of thiophene rings is 1. The van der Waals surface area contributed by atoms with Crippen molar-refractivity contribution >= 4 is 39.7 Å². The van der Waals surface area contributed by atoms with Gasteiger partial charge in [0.1, 0.15) is 0 Å². The number of hydrogen-bond acceptors (Lipinski definition) is 3. The van der Waals surface area contributed by atoms with Crippen LogP contribution in [0.15, 0.2) is 29.6 Å². The van der Waals surface area contributed by atoms with Crippen molar-refractivity contribution in [2.75, 3.05) is 20.1 Å². The lowest BCUT2D eigenvalue weighted by Gasteiger charge is -2.15. The molecule has 5 heteroatoms. The molecule has 1 fully saturated rings. The molecule has 1 aliphatic heterocycles. The summed E-state index contributed by atoms with van der Waals surface area (Å²) in [5, 5.41) is 6.31. The normalized spacial score (nSPS) is 18.6. The van der Waals surface area contributed by atoms with Gasteiger partial charge in [-0.3, -0.25) is 4.79 Å². The number of halogens is 1. The Morgan fingerprint density at radius 2 is 2.21 bits per heavy atom. The number of amides is 1. The fourth-order valence-electron chi connectivity index (χ4n) is 2.49. The molecule has 0 bridgehead atoms. The third kappa shape index (κ3) is 2.61. The van der Waals surface area contributed by atoms with Crippen LogP contribution in [0.3, 0.4) is 0 Å². The van der Waals surface area contributed by atoms with Gasteiger partial charge < -0.3 is 10.2 Å². The van der Waals surface area contributed by atoms with Crippen molar-refractivity contribution in [3.63, 3.8) is 0 Å². The van der Waals surface area contributed by atoms with Crippen LogP contribution in [0.5, 0.6) is 0 Å². The first-order valence-electron chi connectivity index (χ1n) is 6.22. The highest BCUT2D eigenvalue weighted by Crippen LogP contribution is 2.27. The highest BCUT2D eigenvalue weighted by molar-refractivity contribution is 7.17. The SMILES string of the molecule is CNC1CCN(C(=O)c2csc3ccccc23)C1.Cl. The first kappa shape index (κ1) is 14.3. The summed E-state index contributed by atoms with van der Waals surface area (Å²) >= 11 is 1.64. The number of hydrogen-bond donors (Lipinski definition) is 1. The molecule has 19 heavy (non-hydrogen) atoms. The van der Waals surface area contributed by atoms with E-state index in [1.807, 2.05) is 35.5 Å². The minimum absolute atomic E-state index is 0. The number of carbonyl (C=O) groups excluding carboxylic acids is 1. The quantitative estimate of drug-likeness (QED) is 0.924. The van der Waals surface area contributed by atoms with Gasteiger partial charge >= 0.3 is 0 Å². The van der Waals surface area contributed by atoms with E-state index in [-0.39, 0.29) is 18.3 Å². The number of rotatable bonds is 2. The standard InChI is InChI=1S/C14H16N2OS.ClH/c1-15-10-6-7-16(8-10)14(17)12-9-18-13-5-3-2-4-11(12)13;/h2-5,9-10,15H,6-8H2,1H3;1H. The van der Waals surface area contributed by atoms with Gasteiger partial charge in [-0.2, -0.15) is 0 Å². The zero-order chi connectivity index (χ0) is 12.5. The fourth-order valence-corrected chi connectivity index (χ4v) is 3.43. The van der Waals surface area contributed by atoms with E-state index in [1.54, 1.807) is 11.3 Å². The fraction of sp³-hybridized carbons (Fsp3) is 0.357. The van der Waals surface area contributed by atoms with Crippen molar-refractivity contribution < 1.29 is 4.79 Å². The molecule has 3 rings (SSSR count). The van der Waals surface area contributed by atoms with Crippen LogP contribution < -0.4 is 5.32 Å². The summed E-state index contributed by atoms with van der Waals surface area (Å²) < 4.78 is 1.19. The van der Waals surface area contributed by atoms with Crippen LogP contribution in [-0.2, 0) is 0 Å². The van der Waals surface area contributed by atoms with E-state index in [9.17, 15) is 4.79 Å². The number of nitrogens with zero attached hydrogens (tertiary/aromatic N) is 1. The van der Waals surface area contributed by atoms with Crippen molar-refractivity contribution in [3.05, 3.63) is 35.2 Å². The van der Waals surface area contributed by atoms with Gasteiger partial charge in [0.05, 0.1) is 5.56 Å². The molecule has 2 heterocycles. The molecule has 1 aliphatic rings. The van der Waals surface area contributed by atoms with Crippen LogP contribution in [0.1, 0.15) is 16.8 Å². The second-order valence-electron chi connectivity index (χ2n) is 4.67. The molecule has 1 N–H and O–H groups in total. The van der Waals surface area contributed by atoms with Gasteiger partial charge in [-0.05, 0) is 19.5 Å². The summed E-state index contributed by atoms with van der Waals surface area (Å²) in [6.45, 7) is 1.67. The Morgan fingerprint density at radius 3 is 2.95 bits per heavy atom. The lowest BCUT2D eigenvalue weighted by Crippen LogP contribution is -2.33. The second-order valence-corrected chi connectivity index (χ2v) is 5.58. The van der Waals surface area contributed by atoms with Crippen LogP contribution in [0.4, 0.5) is 0 Å². The Labute approximate surface area is 123 Å². The molecule has 0 saturated carbocycles. The Bertz CT molecular complexity index is 584. The van der Waals surface area contributed by atoms with Crippen LogP contribution in [0.25, 0.3) is 10.1 Å². The van der Waals surface area contributed by atoms with E-state index in [1.165, 1.54) is 4.70 Å². The number of nitrogens with one attached hydrogen (secondary N) is 1. The van der Waals surface area contributed by atoms with Crippen molar-refractivity contribution in [3.8, 4) is 0 Å². The molecular weight excluding hydrogens is 280 g/mol. The highest BCUT2D eigenvalue weighted by Gasteiger charge is 2.27. The number of fused-ring (bicyclic) bond motifs is 1. The summed E-state index contributed by atoms with van der Waals surface area (Å²) in [5.41, 5.74) is 0.854. The van der Waals surface area contributed by atoms with Gasteiger partial charge in [-0.1, -0.05) is 18.2 Å². The molecule has 1 amide bonds. The number of likely N-dealkylation sites (tertiary alicyclic amines) is 1. The monoisotopic (exact) mass is 296 g/mol. The molecule has 1 unspecified atom stereocenters. The summed E-state index contributed by atoms with van der Waals surface area (Å²) in [4.78, 5) is 14.4. The molecule has 1 aromatic heterocycles. The molecule has 0 aliphatic carbocycles. The first-order valence-corrected chi connectivity index (χ1v) is 7.10. The summed E-state index contributed by atoms with van der Waals surface area (Å²) in [6.07, 6.45) is 1.05. The Hall–Kier alpha value is -1.10. The van der Waals surface area contributed by atoms with Gasteiger partial charge in [0.15, 0.2) is 0 Å². The van der Waals surface area contributed by atoms with E-state index in [0.717, 1.165) is 30.5 Å². The first-order chi connectivity index (χ1) is 8.79. The van der Waals surface area contributed by atoms with Crippen LogP contribution in [-0.4, -0.2) is 37.0 Å². The smallest absolute Gasteiger partial charge is 0.255 e. The molecule has 2 aromatic rings. The molecule has 0 spiro atoms. The van der Waals surface area contributed by atoms with E-state index in [0.29, 0.717) is 6.04 Å². The molecule has 1 aromatic carbocycles. The molecule has 1 atom stereocenters. The number of carbonyl (C=O) groups is 1. The topological polar surface area (TPSA) is 32.3 Å². The van der Waals surface area contributed by atoms with Crippen molar-refractivity contribution in [2.45, 2.75) is 12.5 Å². The highest BCUT2D eigenvalue weighted by atomic mass is 35.5. The van der Waals surface area contributed by atoms with Gasteiger partial charge in [0.25, 0.3) is 5.91 Å². The predicted molar refractivity (Wildman–Crippen MR) is 82.4 cm³/mol. The average molecular weight is 297 g/mol.